The SMILES string of the molecule is Cc1ccc(NC(=O)c2cc(-c3ccccc3)on2)cc1C(F)(F)F. The molecule has 0 fully saturated rings. The Kier molecular flexibility index (Phi) is 4.31. The van der Waals surface area contributed by atoms with E-state index in [1.807, 2.05) is 18.2 Å². The molecule has 0 unspecified atom stereocenters. The monoisotopic (exact) mass is 346 g/mol. The fourth-order valence-electron chi connectivity index (χ4n) is 2.32. The third-order valence-corrected chi connectivity index (χ3v) is 3.60. The molecule has 0 radical (unpaired) electrons. The van der Waals surface area contributed by atoms with Gasteiger partial charge in [0.15, 0.2) is 11.5 Å². The average Bonchev–Trinajstić information content (AvgIpc) is 3.06. The molecule has 0 spiro atoms. The summed E-state index contributed by atoms with van der Waals surface area (Å²) in [6.07, 6.45) is -4.49. The second-order valence-electron chi connectivity index (χ2n) is 5.42. The Hall–Kier alpha value is -3.09. The number of nitrogens with zero attached hydrogens (tertiary/aromatic N) is 1. The van der Waals surface area contributed by atoms with Gasteiger partial charge >= 0.3 is 6.18 Å². The lowest BCUT2D eigenvalue weighted by Crippen LogP contribution is -2.14. The van der Waals surface area contributed by atoms with Gasteiger partial charge < -0.3 is 9.84 Å². The van der Waals surface area contributed by atoms with Gasteiger partial charge in [0.25, 0.3) is 5.91 Å². The van der Waals surface area contributed by atoms with Gasteiger partial charge in [-0.25, -0.2) is 0 Å². The summed E-state index contributed by atoms with van der Waals surface area (Å²) >= 11 is 0. The third-order valence-electron chi connectivity index (χ3n) is 3.60. The van der Waals surface area contributed by atoms with E-state index in [1.54, 1.807) is 12.1 Å². The first-order chi connectivity index (χ1) is 11.8. The highest BCUT2D eigenvalue weighted by Crippen LogP contribution is 2.33. The molecule has 3 aromatic rings. The lowest BCUT2D eigenvalue weighted by Gasteiger charge is -2.12. The standard InChI is InChI=1S/C18H13F3N2O2/c1-11-7-8-13(9-14(11)18(19,20)21)22-17(24)15-10-16(25-23-15)12-5-3-2-4-6-12/h2-10H,1H3,(H,22,24). The van der Waals surface area contributed by atoms with Crippen molar-refractivity contribution < 1.29 is 22.5 Å². The van der Waals surface area contributed by atoms with Gasteiger partial charge in [0.2, 0.25) is 0 Å². The van der Waals surface area contributed by atoms with Gasteiger partial charge in [0.1, 0.15) is 0 Å². The summed E-state index contributed by atoms with van der Waals surface area (Å²) in [5.41, 5.74) is 0.0395. The second kappa shape index (κ2) is 6.43. The number of hydrogen-bond donors (Lipinski definition) is 1. The topological polar surface area (TPSA) is 55.1 Å². The Morgan fingerprint density at radius 3 is 2.48 bits per heavy atom. The number of anilines is 1. The first kappa shape index (κ1) is 16.8. The number of carbonyl (C=O) groups is 1. The van der Waals surface area contributed by atoms with Crippen molar-refractivity contribution in [3.05, 3.63) is 71.4 Å². The van der Waals surface area contributed by atoms with Crippen LogP contribution in [-0.2, 0) is 6.18 Å². The van der Waals surface area contributed by atoms with Crippen LogP contribution in [0.2, 0.25) is 0 Å². The molecule has 0 bridgehead atoms. The van der Waals surface area contributed by atoms with Crippen LogP contribution in [0.1, 0.15) is 21.6 Å². The Morgan fingerprint density at radius 2 is 1.80 bits per heavy atom. The van der Waals surface area contributed by atoms with E-state index in [0.29, 0.717) is 5.76 Å². The highest BCUT2D eigenvalue weighted by atomic mass is 19.4. The number of nitrogens with one attached hydrogen (secondary N) is 1. The molecular formula is C18H13F3N2O2. The molecule has 2 aromatic carbocycles. The summed E-state index contributed by atoms with van der Waals surface area (Å²) in [6.45, 7) is 1.36. The second-order valence-corrected chi connectivity index (χ2v) is 5.42. The van der Waals surface area contributed by atoms with Crippen molar-refractivity contribution in [2.75, 3.05) is 5.32 Å². The van der Waals surface area contributed by atoms with Crippen molar-refractivity contribution in [3.8, 4) is 11.3 Å². The van der Waals surface area contributed by atoms with Crippen LogP contribution in [0.4, 0.5) is 18.9 Å². The van der Waals surface area contributed by atoms with E-state index in [9.17, 15) is 18.0 Å². The molecular weight excluding hydrogens is 333 g/mol. The number of rotatable bonds is 3. The molecule has 25 heavy (non-hydrogen) atoms. The van der Waals surface area contributed by atoms with Crippen molar-refractivity contribution >= 4 is 11.6 Å². The van der Waals surface area contributed by atoms with E-state index in [-0.39, 0.29) is 16.9 Å². The van der Waals surface area contributed by atoms with Crippen molar-refractivity contribution in [1.29, 1.82) is 0 Å². The summed E-state index contributed by atoms with van der Waals surface area (Å²) in [7, 11) is 0. The van der Waals surface area contributed by atoms with Crippen LogP contribution in [0.25, 0.3) is 11.3 Å². The Balaban J connectivity index is 1.81. The van der Waals surface area contributed by atoms with Crippen LogP contribution in [-0.4, -0.2) is 11.1 Å². The molecule has 3 rings (SSSR count). The van der Waals surface area contributed by atoms with Gasteiger partial charge in [-0.15, -0.1) is 0 Å². The largest absolute Gasteiger partial charge is 0.416 e. The van der Waals surface area contributed by atoms with Gasteiger partial charge in [-0.05, 0) is 24.6 Å². The van der Waals surface area contributed by atoms with E-state index in [4.69, 9.17) is 4.52 Å². The maximum absolute atomic E-state index is 12.9. The zero-order valence-electron chi connectivity index (χ0n) is 13.1. The summed E-state index contributed by atoms with van der Waals surface area (Å²) < 4.78 is 43.9. The zero-order chi connectivity index (χ0) is 18.0. The molecule has 0 saturated carbocycles. The highest BCUT2D eigenvalue weighted by Gasteiger charge is 2.32. The Labute approximate surface area is 141 Å². The normalized spacial score (nSPS) is 11.4. The molecule has 128 valence electrons. The maximum atomic E-state index is 12.9. The summed E-state index contributed by atoms with van der Waals surface area (Å²) in [5.74, 6) is -0.256. The quantitative estimate of drug-likeness (QED) is 0.732. The number of carbonyl (C=O) groups excluding carboxylic acids is 1. The van der Waals surface area contributed by atoms with Gasteiger partial charge in [0.05, 0.1) is 5.56 Å². The molecule has 1 aromatic heterocycles. The van der Waals surface area contributed by atoms with E-state index in [0.717, 1.165) is 11.6 Å². The first-order valence-corrected chi connectivity index (χ1v) is 7.36. The number of aryl methyl sites for hydroxylation is 1. The zero-order valence-corrected chi connectivity index (χ0v) is 13.1. The number of amides is 1. The van der Waals surface area contributed by atoms with Crippen LogP contribution < -0.4 is 5.32 Å². The lowest BCUT2D eigenvalue weighted by molar-refractivity contribution is -0.138. The smallest absolute Gasteiger partial charge is 0.355 e. The van der Waals surface area contributed by atoms with Crippen molar-refractivity contribution in [2.24, 2.45) is 0 Å². The van der Waals surface area contributed by atoms with E-state index >= 15 is 0 Å². The molecule has 4 nitrogen and oxygen atoms in total. The Bertz CT molecular complexity index is 902. The number of hydrogen-bond acceptors (Lipinski definition) is 3. The molecule has 0 saturated heterocycles. The van der Waals surface area contributed by atoms with E-state index in [1.165, 1.54) is 25.1 Å². The molecule has 0 aliphatic rings. The fraction of sp³-hybridized carbons (Fsp3) is 0.111. The number of aromatic nitrogens is 1. The van der Waals surface area contributed by atoms with Gasteiger partial charge in [-0.1, -0.05) is 41.6 Å². The minimum atomic E-state index is -4.49. The van der Waals surface area contributed by atoms with Gasteiger partial charge in [-0.2, -0.15) is 13.2 Å². The number of benzene rings is 2. The number of alkyl halides is 3. The molecule has 1 heterocycles. The van der Waals surface area contributed by atoms with Crippen LogP contribution in [0.5, 0.6) is 0 Å². The summed E-state index contributed by atoms with van der Waals surface area (Å²) in [4.78, 5) is 12.2. The first-order valence-electron chi connectivity index (χ1n) is 7.36. The predicted molar refractivity (Wildman–Crippen MR) is 86.1 cm³/mol. The summed E-state index contributed by atoms with van der Waals surface area (Å²) in [6, 6.07) is 14.1. The molecule has 7 heteroatoms. The minimum Gasteiger partial charge on any atom is -0.355 e. The minimum absolute atomic E-state index is 0.0204. The summed E-state index contributed by atoms with van der Waals surface area (Å²) in [5, 5.41) is 6.07. The van der Waals surface area contributed by atoms with E-state index in [2.05, 4.69) is 10.5 Å². The van der Waals surface area contributed by atoms with Crippen LogP contribution >= 0.6 is 0 Å². The van der Waals surface area contributed by atoms with Crippen molar-refractivity contribution in [3.63, 3.8) is 0 Å². The van der Waals surface area contributed by atoms with Gasteiger partial charge in [-0.3, -0.25) is 4.79 Å². The number of halogens is 3. The van der Waals surface area contributed by atoms with Crippen molar-refractivity contribution in [2.45, 2.75) is 13.1 Å². The average molecular weight is 346 g/mol. The van der Waals surface area contributed by atoms with Crippen LogP contribution in [0.3, 0.4) is 0 Å². The Morgan fingerprint density at radius 1 is 1.08 bits per heavy atom. The molecule has 0 aliphatic carbocycles. The molecule has 0 atom stereocenters. The van der Waals surface area contributed by atoms with Crippen LogP contribution in [0.15, 0.2) is 59.1 Å². The van der Waals surface area contributed by atoms with Crippen LogP contribution in [0, 0.1) is 6.92 Å². The highest BCUT2D eigenvalue weighted by molar-refractivity contribution is 6.03. The third kappa shape index (κ3) is 3.71. The lowest BCUT2D eigenvalue weighted by atomic mass is 10.1. The molecule has 1 N–H and O–H groups in total. The molecule has 0 aliphatic heterocycles. The van der Waals surface area contributed by atoms with E-state index < -0.39 is 17.6 Å². The van der Waals surface area contributed by atoms with Gasteiger partial charge in [0, 0.05) is 17.3 Å². The fourth-order valence-corrected chi connectivity index (χ4v) is 2.32. The predicted octanol–water partition coefficient (Wildman–Crippen LogP) is 4.92. The van der Waals surface area contributed by atoms with Crippen molar-refractivity contribution in [1.82, 2.24) is 5.16 Å². The maximum Gasteiger partial charge on any atom is 0.416 e. The molecule has 1 amide bonds.